The standard InChI is InChI=1S/C13H15NO3/c1-2-9-5-3-4-6-11(9)14-8-10(13(16)17)7-12(14)15/h3-6,10H,2,7-8H2,1H3,(H,16,17)/p-1/t10-/m1/s1. The summed E-state index contributed by atoms with van der Waals surface area (Å²) in [6.07, 6.45) is 0.857. The number of amides is 1. The van der Waals surface area contributed by atoms with Gasteiger partial charge in [-0.15, -0.1) is 0 Å². The summed E-state index contributed by atoms with van der Waals surface area (Å²) < 4.78 is 0. The molecule has 1 aliphatic rings. The highest BCUT2D eigenvalue weighted by molar-refractivity contribution is 5.99. The number of carbonyl (C=O) groups excluding carboxylic acids is 2. The molecule has 0 spiro atoms. The molecule has 0 aromatic heterocycles. The van der Waals surface area contributed by atoms with E-state index < -0.39 is 11.9 Å². The lowest BCUT2D eigenvalue weighted by atomic mass is 10.1. The van der Waals surface area contributed by atoms with Gasteiger partial charge in [0.25, 0.3) is 0 Å². The lowest BCUT2D eigenvalue weighted by molar-refractivity contribution is -0.310. The minimum atomic E-state index is -1.14. The van der Waals surface area contributed by atoms with Crippen LogP contribution in [0.15, 0.2) is 24.3 Å². The highest BCUT2D eigenvalue weighted by Gasteiger charge is 2.31. The number of para-hydroxylation sites is 1. The summed E-state index contributed by atoms with van der Waals surface area (Å²) in [5.74, 6) is -1.97. The van der Waals surface area contributed by atoms with Crippen LogP contribution < -0.4 is 10.0 Å². The van der Waals surface area contributed by atoms with Gasteiger partial charge in [-0.1, -0.05) is 25.1 Å². The third kappa shape index (κ3) is 2.16. The maximum atomic E-state index is 11.8. The SMILES string of the molecule is CCc1ccccc1N1C[C@H](C(=O)[O-])CC1=O. The fourth-order valence-electron chi connectivity index (χ4n) is 2.17. The maximum Gasteiger partial charge on any atom is 0.227 e. The van der Waals surface area contributed by atoms with E-state index in [4.69, 9.17) is 0 Å². The minimum absolute atomic E-state index is 0.0420. The normalized spacial score (nSPS) is 19.7. The lowest BCUT2D eigenvalue weighted by Gasteiger charge is -2.20. The van der Waals surface area contributed by atoms with Crippen LogP contribution in [0.2, 0.25) is 0 Å². The number of rotatable bonds is 3. The first-order valence-electron chi connectivity index (χ1n) is 5.72. The van der Waals surface area contributed by atoms with Crippen LogP contribution in [0.3, 0.4) is 0 Å². The van der Waals surface area contributed by atoms with Crippen molar-refractivity contribution >= 4 is 17.6 Å². The van der Waals surface area contributed by atoms with Crippen LogP contribution in [0.25, 0.3) is 0 Å². The molecule has 1 aromatic carbocycles. The van der Waals surface area contributed by atoms with Crippen LogP contribution in [-0.2, 0) is 16.0 Å². The third-order valence-corrected chi connectivity index (χ3v) is 3.12. The molecule has 2 rings (SSSR count). The molecule has 1 aromatic rings. The van der Waals surface area contributed by atoms with Crippen LogP contribution in [0.4, 0.5) is 5.69 Å². The van der Waals surface area contributed by atoms with E-state index in [0.717, 1.165) is 17.7 Å². The maximum absolute atomic E-state index is 11.8. The second kappa shape index (κ2) is 4.57. The topological polar surface area (TPSA) is 60.4 Å². The van der Waals surface area contributed by atoms with E-state index in [0.29, 0.717) is 0 Å². The van der Waals surface area contributed by atoms with E-state index in [9.17, 15) is 14.7 Å². The smallest absolute Gasteiger partial charge is 0.227 e. The molecule has 1 amide bonds. The minimum Gasteiger partial charge on any atom is -0.550 e. The Morgan fingerprint density at radius 1 is 1.47 bits per heavy atom. The number of carbonyl (C=O) groups is 2. The van der Waals surface area contributed by atoms with Gasteiger partial charge < -0.3 is 14.8 Å². The molecule has 4 heteroatoms. The van der Waals surface area contributed by atoms with E-state index >= 15 is 0 Å². The first-order valence-corrected chi connectivity index (χ1v) is 5.72. The van der Waals surface area contributed by atoms with Gasteiger partial charge in [0.05, 0.1) is 0 Å². The Morgan fingerprint density at radius 3 is 2.76 bits per heavy atom. The summed E-state index contributed by atoms with van der Waals surface area (Å²) in [7, 11) is 0. The molecule has 0 N–H and O–H groups in total. The number of hydrogen-bond donors (Lipinski definition) is 0. The Morgan fingerprint density at radius 2 is 2.18 bits per heavy atom. The molecule has 0 radical (unpaired) electrons. The zero-order valence-corrected chi connectivity index (χ0v) is 9.68. The predicted molar refractivity (Wildman–Crippen MR) is 61.3 cm³/mol. The fraction of sp³-hybridized carbons (Fsp3) is 0.385. The number of nitrogens with zero attached hydrogens (tertiary/aromatic N) is 1. The molecule has 1 aliphatic heterocycles. The molecule has 1 atom stereocenters. The van der Waals surface area contributed by atoms with Crippen molar-refractivity contribution in [3.8, 4) is 0 Å². The second-order valence-corrected chi connectivity index (χ2v) is 4.21. The average molecular weight is 232 g/mol. The van der Waals surface area contributed by atoms with Crippen molar-refractivity contribution in [1.82, 2.24) is 0 Å². The quantitative estimate of drug-likeness (QED) is 0.755. The summed E-state index contributed by atoms with van der Waals surface area (Å²) in [5, 5.41) is 10.8. The molecule has 0 bridgehead atoms. The Bertz CT molecular complexity index is 456. The Kier molecular flexibility index (Phi) is 3.13. The molecule has 1 fully saturated rings. The van der Waals surface area contributed by atoms with Crippen molar-refractivity contribution < 1.29 is 14.7 Å². The number of hydrogen-bond acceptors (Lipinski definition) is 3. The number of benzene rings is 1. The third-order valence-electron chi connectivity index (χ3n) is 3.12. The number of carboxylic acid groups (broad SMARTS) is 1. The monoisotopic (exact) mass is 232 g/mol. The van der Waals surface area contributed by atoms with Crippen LogP contribution in [0.5, 0.6) is 0 Å². The molecule has 1 heterocycles. The van der Waals surface area contributed by atoms with Gasteiger partial charge >= 0.3 is 0 Å². The van der Waals surface area contributed by atoms with E-state index in [2.05, 4.69) is 0 Å². The first-order chi connectivity index (χ1) is 8.13. The predicted octanol–water partition coefficient (Wildman–Crippen LogP) is 0.352. The molecular weight excluding hydrogens is 218 g/mol. The van der Waals surface area contributed by atoms with E-state index in [1.807, 2.05) is 31.2 Å². The van der Waals surface area contributed by atoms with E-state index in [1.54, 1.807) is 4.90 Å². The van der Waals surface area contributed by atoms with Crippen molar-refractivity contribution in [1.29, 1.82) is 0 Å². The molecular formula is C13H14NO3-. The molecule has 4 nitrogen and oxygen atoms in total. The van der Waals surface area contributed by atoms with Crippen LogP contribution >= 0.6 is 0 Å². The van der Waals surface area contributed by atoms with Gasteiger partial charge in [0.2, 0.25) is 5.91 Å². The van der Waals surface area contributed by atoms with Gasteiger partial charge in [-0.2, -0.15) is 0 Å². The van der Waals surface area contributed by atoms with Crippen molar-refractivity contribution in [2.45, 2.75) is 19.8 Å². The highest BCUT2D eigenvalue weighted by Crippen LogP contribution is 2.28. The number of aliphatic carboxylic acids is 1. The van der Waals surface area contributed by atoms with Crippen molar-refractivity contribution in [3.05, 3.63) is 29.8 Å². The number of anilines is 1. The Labute approximate surface area is 99.9 Å². The van der Waals surface area contributed by atoms with Gasteiger partial charge in [-0.05, 0) is 18.1 Å². The summed E-state index contributed by atoms with van der Waals surface area (Å²) >= 11 is 0. The van der Waals surface area contributed by atoms with E-state index in [-0.39, 0.29) is 18.9 Å². The molecule has 17 heavy (non-hydrogen) atoms. The van der Waals surface area contributed by atoms with Gasteiger partial charge in [-0.3, -0.25) is 4.79 Å². The Balaban J connectivity index is 2.29. The molecule has 90 valence electrons. The zero-order chi connectivity index (χ0) is 12.4. The molecule has 0 aliphatic carbocycles. The average Bonchev–Trinajstić information content (AvgIpc) is 2.71. The summed E-state index contributed by atoms with van der Waals surface area (Å²) in [6, 6.07) is 7.58. The van der Waals surface area contributed by atoms with Crippen molar-refractivity contribution in [2.24, 2.45) is 5.92 Å². The first kappa shape index (κ1) is 11.6. The Hall–Kier alpha value is -1.84. The highest BCUT2D eigenvalue weighted by atomic mass is 16.4. The summed E-state index contributed by atoms with van der Waals surface area (Å²) in [5.41, 5.74) is 1.88. The van der Waals surface area contributed by atoms with Crippen LogP contribution in [0.1, 0.15) is 18.9 Å². The number of aryl methyl sites for hydroxylation is 1. The van der Waals surface area contributed by atoms with Gasteiger partial charge in [0.1, 0.15) is 0 Å². The summed E-state index contributed by atoms with van der Waals surface area (Å²) in [4.78, 5) is 24.1. The van der Waals surface area contributed by atoms with Gasteiger partial charge in [0, 0.05) is 30.5 Å². The molecule has 0 saturated carbocycles. The van der Waals surface area contributed by atoms with Crippen LogP contribution in [-0.4, -0.2) is 18.4 Å². The molecule has 1 saturated heterocycles. The van der Waals surface area contributed by atoms with Crippen molar-refractivity contribution in [3.63, 3.8) is 0 Å². The molecule has 0 unspecified atom stereocenters. The van der Waals surface area contributed by atoms with Crippen molar-refractivity contribution in [2.75, 3.05) is 11.4 Å². The van der Waals surface area contributed by atoms with Gasteiger partial charge in [0.15, 0.2) is 0 Å². The van der Waals surface area contributed by atoms with Crippen LogP contribution in [0, 0.1) is 5.92 Å². The lowest BCUT2D eigenvalue weighted by Crippen LogP contribution is -2.33. The second-order valence-electron chi connectivity index (χ2n) is 4.21. The zero-order valence-electron chi connectivity index (χ0n) is 9.68. The summed E-state index contributed by atoms with van der Waals surface area (Å²) in [6.45, 7) is 2.23. The van der Waals surface area contributed by atoms with E-state index in [1.165, 1.54) is 0 Å². The fourth-order valence-corrected chi connectivity index (χ4v) is 2.17. The largest absolute Gasteiger partial charge is 0.550 e. The number of carboxylic acids is 1. The van der Waals surface area contributed by atoms with Gasteiger partial charge in [-0.25, -0.2) is 0 Å².